The summed E-state index contributed by atoms with van der Waals surface area (Å²) in [7, 11) is 0. The van der Waals surface area contributed by atoms with Crippen LogP contribution in [0.1, 0.15) is 24.0 Å². The van der Waals surface area contributed by atoms with E-state index in [2.05, 4.69) is 58.5 Å². The molecule has 0 aromatic heterocycles. The second-order valence-electron chi connectivity index (χ2n) is 5.94. The Morgan fingerprint density at radius 1 is 0.654 bits per heavy atom. The van der Waals surface area contributed by atoms with Crippen molar-refractivity contribution in [2.24, 2.45) is 9.98 Å². The van der Waals surface area contributed by atoms with Gasteiger partial charge in [0.15, 0.2) is 0 Å². The molecule has 4 rings (SSSR count). The van der Waals surface area contributed by atoms with Crippen LogP contribution in [0.25, 0.3) is 0 Å². The topological polar surface area (TPSA) is 43.2 Å². The first-order chi connectivity index (χ1) is 12.9. The van der Waals surface area contributed by atoms with E-state index in [1.807, 2.05) is 0 Å². The van der Waals surface area contributed by atoms with Crippen LogP contribution in [0, 0.1) is 0 Å². The summed E-state index contributed by atoms with van der Waals surface area (Å²) in [6.45, 7) is 3.32. The Balaban J connectivity index is 1.55. The fourth-order valence-corrected chi connectivity index (χ4v) is 14.4. The van der Waals surface area contributed by atoms with Crippen LogP contribution in [0.3, 0.4) is 0 Å². The van der Waals surface area contributed by atoms with Crippen molar-refractivity contribution in [2.45, 2.75) is 12.8 Å². The first kappa shape index (κ1) is 18.3. The summed E-state index contributed by atoms with van der Waals surface area (Å²) in [5, 5.41) is 0. The average molecular weight is 576 g/mol. The summed E-state index contributed by atoms with van der Waals surface area (Å²) in [5.74, 6) is 1.69. The van der Waals surface area contributed by atoms with Crippen molar-refractivity contribution in [3.05, 3.63) is 59.7 Å². The molecule has 26 heavy (non-hydrogen) atoms. The Morgan fingerprint density at radius 3 is 1.54 bits per heavy atom. The van der Waals surface area contributed by atoms with Crippen molar-refractivity contribution >= 4 is 53.1 Å². The van der Waals surface area contributed by atoms with Crippen LogP contribution < -0.4 is 7.22 Å². The molecule has 2 aromatic rings. The fraction of sp³-hybridized carbons (Fsp3) is 0.300. The normalized spacial score (nSPS) is 16.9. The van der Waals surface area contributed by atoms with Crippen LogP contribution in [-0.2, 0) is 9.47 Å². The van der Waals surface area contributed by atoms with Gasteiger partial charge < -0.3 is 0 Å². The summed E-state index contributed by atoms with van der Waals surface area (Å²) in [4.78, 5) is 9.19. The monoisotopic (exact) mass is 580 g/mol. The van der Waals surface area contributed by atoms with E-state index >= 15 is 0 Å². The molecule has 2 aliphatic heterocycles. The number of ether oxygens (including phenoxy) is 2. The van der Waals surface area contributed by atoms with Crippen molar-refractivity contribution in [3.63, 3.8) is 0 Å². The van der Waals surface area contributed by atoms with Crippen molar-refractivity contribution in [3.8, 4) is 0 Å². The third-order valence-electron chi connectivity index (χ3n) is 4.05. The van der Waals surface area contributed by atoms with Gasteiger partial charge in [0.05, 0.1) is 0 Å². The first-order valence-corrected chi connectivity index (χ1v) is 18.5. The van der Waals surface area contributed by atoms with Gasteiger partial charge in [-0.05, 0) is 0 Å². The van der Waals surface area contributed by atoms with Gasteiger partial charge in [0.25, 0.3) is 0 Å². The van der Waals surface area contributed by atoms with Crippen molar-refractivity contribution in [1.82, 2.24) is 0 Å². The molecule has 2 aliphatic rings. The third-order valence-corrected chi connectivity index (χ3v) is 15.8. The number of hydrogen-bond donors (Lipinski definition) is 0. The number of benzene rings is 2. The van der Waals surface area contributed by atoms with E-state index in [4.69, 9.17) is 9.47 Å². The average Bonchev–Trinajstić information content (AvgIpc) is 2.74. The van der Waals surface area contributed by atoms with Crippen molar-refractivity contribution in [2.75, 3.05) is 26.3 Å². The summed E-state index contributed by atoms with van der Waals surface area (Å²) in [5.41, 5.74) is 2.42. The molecule has 0 saturated heterocycles. The first-order valence-electron chi connectivity index (χ1n) is 8.79. The van der Waals surface area contributed by atoms with E-state index in [-0.39, 0.29) is 34.1 Å². The minimum absolute atomic E-state index is 0.289. The van der Waals surface area contributed by atoms with Gasteiger partial charge >= 0.3 is 171 Å². The van der Waals surface area contributed by atoms with Crippen molar-refractivity contribution < 1.29 is 9.47 Å². The molecule has 0 spiro atoms. The number of nitrogens with zero attached hydrogens (tertiary/aromatic N) is 2. The quantitative estimate of drug-likeness (QED) is 0.505. The SMILES string of the molecule is c1ccc(C2=NCCCO2)c([Te][Te]c2ccccc2C2=NCCCO2)c1. The van der Waals surface area contributed by atoms with E-state index in [0.717, 1.165) is 50.9 Å². The molecule has 0 bridgehead atoms. The number of hydrogen-bond acceptors (Lipinski definition) is 4. The molecular formula is C20H20N2O2Te2. The summed E-state index contributed by atoms with van der Waals surface area (Å²) in [6.07, 6.45) is 2.04. The van der Waals surface area contributed by atoms with E-state index < -0.39 is 0 Å². The Kier molecular flexibility index (Phi) is 6.52. The standard InChI is InChI=1S/C20H20N2O2Te2/c1-3-9-17(15(7-1)19-21-11-5-13-23-19)25-26-18-10-4-2-8-16(18)20-22-12-6-14-24-20/h1-4,7-10H,5-6,11-14H2. The van der Waals surface area contributed by atoms with E-state index in [0.29, 0.717) is 0 Å². The van der Waals surface area contributed by atoms with E-state index in [1.54, 1.807) is 0 Å². The zero-order chi connectivity index (χ0) is 17.6. The Morgan fingerprint density at radius 2 is 1.12 bits per heavy atom. The second-order valence-corrected chi connectivity index (χ2v) is 15.8. The molecule has 0 unspecified atom stereocenters. The van der Waals surface area contributed by atoms with Gasteiger partial charge in [0.1, 0.15) is 0 Å². The zero-order valence-electron chi connectivity index (χ0n) is 14.4. The van der Waals surface area contributed by atoms with Gasteiger partial charge in [-0.2, -0.15) is 0 Å². The molecule has 0 saturated carbocycles. The fourth-order valence-electron chi connectivity index (χ4n) is 2.77. The molecule has 0 atom stereocenters. The molecule has 4 nitrogen and oxygen atoms in total. The molecule has 0 fully saturated rings. The van der Waals surface area contributed by atoms with Gasteiger partial charge in [-0.1, -0.05) is 0 Å². The predicted molar refractivity (Wildman–Crippen MR) is 108 cm³/mol. The molecule has 0 aliphatic carbocycles. The van der Waals surface area contributed by atoms with Crippen molar-refractivity contribution in [1.29, 1.82) is 0 Å². The molecule has 0 amide bonds. The summed E-state index contributed by atoms with van der Waals surface area (Å²) >= 11 is -0.579. The van der Waals surface area contributed by atoms with Gasteiger partial charge in [-0.25, -0.2) is 0 Å². The molecule has 134 valence electrons. The van der Waals surface area contributed by atoms with Crippen LogP contribution in [0.4, 0.5) is 0 Å². The molecule has 0 radical (unpaired) electrons. The molecule has 2 heterocycles. The third kappa shape index (κ3) is 4.44. The molecule has 2 aromatic carbocycles. The van der Waals surface area contributed by atoms with Crippen LogP contribution in [0.15, 0.2) is 58.5 Å². The van der Waals surface area contributed by atoms with E-state index in [1.165, 1.54) is 18.3 Å². The maximum absolute atomic E-state index is 5.82. The zero-order valence-corrected chi connectivity index (χ0v) is 19.0. The van der Waals surface area contributed by atoms with Gasteiger partial charge in [-0.3, -0.25) is 0 Å². The van der Waals surface area contributed by atoms with Crippen LogP contribution >= 0.6 is 0 Å². The van der Waals surface area contributed by atoms with Gasteiger partial charge in [-0.15, -0.1) is 0 Å². The Hall–Kier alpha value is -1.04. The molecule has 0 N–H and O–H groups in total. The molecular weight excluding hydrogens is 555 g/mol. The second kappa shape index (κ2) is 9.25. The van der Waals surface area contributed by atoms with Crippen LogP contribution in [-0.4, -0.2) is 72.2 Å². The number of rotatable bonds is 5. The predicted octanol–water partition coefficient (Wildman–Crippen LogP) is 1.29. The Bertz CT molecular complexity index is 767. The van der Waals surface area contributed by atoms with Gasteiger partial charge in [0.2, 0.25) is 0 Å². The maximum atomic E-state index is 5.82. The van der Waals surface area contributed by atoms with Gasteiger partial charge in [0, 0.05) is 0 Å². The number of aliphatic imine (C=N–C) groups is 2. The van der Waals surface area contributed by atoms with Crippen LogP contribution in [0.2, 0.25) is 0 Å². The summed E-state index contributed by atoms with van der Waals surface area (Å²) in [6, 6.07) is 17.3. The molecule has 6 heteroatoms. The Labute approximate surface area is 170 Å². The van der Waals surface area contributed by atoms with E-state index in [9.17, 15) is 0 Å². The van der Waals surface area contributed by atoms with Crippen LogP contribution in [0.5, 0.6) is 0 Å². The minimum atomic E-state index is -0.289. The summed E-state index contributed by atoms with van der Waals surface area (Å²) < 4.78 is 14.6.